The van der Waals surface area contributed by atoms with Crippen molar-refractivity contribution in [2.75, 3.05) is 37.7 Å². The molecule has 4 rings (SSSR count). The van der Waals surface area contributed by atoms with E-state index in [4.69, 9.17) is 4.74 Å². The molecule has 0 spiro atoms. The molecule has 0 N–H and O–H groups in total. The van der Waals surface area contributed by atoms with Crippen molar-refractivity contribution in [2.45, 2.75) is 20.3 Å². The number of hydrogen-bond acceptors (Lipinski definition) is 4. The fourth-order valence-corrected chi connectivity index (χ4v) is 4.01. The summed E-state index contributed by atoms with van der Waals surface area (Å²) >= 11 is 0. The van der Waals surface area contributed by atoms with E-state index in [0.717, 1.165) is 35.9 Å². The van der Waals surface area contributed by atoms with Crippen LogP contribution in [-0.2, 0) is 6.42 Å². The zero-order valence-corrected chi connectivity index (χ0v) is 17.9. The molecule has 1 aliphatic heterocycles. The molecule has 2 heterocycles. The fraction of sp³-hybridized carbons (Fsp3) is 0.333. The Morgan fingerprint density at radius 3 is 2.42 bits per heavy atom. The minimum atomic E-state index is -0.297. The van der Waals surface area contributed by atoms with Crippen molar-refractivity contribution in [1.82, 2.24) is 14.7 Å². The number of halogens is 1. The number of rotatable bonds is 6. The molecule has 0 atom stereocenters. The highest BCUT2D eigenvalue weighted by Gasteiger charge is 2.27. The lowest BCUT2D eigenvalue weighted by atomic mass is 10.1. The number of hydrogen-bond donors (Lipinski definition) is 0. The first-order valence-corrected chi connectivity index (χ1v) is 10.7. The van der Waals surface area contributed by atoms with E-state index in [1.165, 1.54) is 12.1 Å². The van der Waals surface area contributed by atoms with Crippen molar-refractivity contribution in [2.24, 2.45) is 0 Å². The molecule has 0 aliphatic carbocycles. The van der Waals surface area contributed by atoms with E-state index in [-0.39, 0.29) is 11.7 Å². The van der Waals surface area contributed by atoms with Gasteiger partial charge in [-0.3, -0.25) is 4.79 Å². The molecule has 1 amide bonds. The average Bonchev–Trinajstić information content (AvgIpc) is 3.24. The van der Waals surface area contributed by atoms with Gasteiger partial charge in [0, 0.05) is 26.2 Å². The lowest BCUT2D eigenvalue weighted by Crippen LogP contribution is -2.49. The number of carbonyl (C=O) groups is 1. The summed E-state index contributed by atoms with van der Waals surface area (Å²) in [6.07, 6.45) is 2.28. The maximum atomic E-state index is 13.3. The van der Waals surface area contributed by atoms with Gasteiger partial charge in [0.25, 0.3) is 5.91 Å². The summed E-state index contributed by atoms with van der Waals surface area (Å²) in [6, 6.07) is 14.2. The monoisotopic (exact) mass is 422 g/mol. The predicted octanol–water partition coefficient (Wildman–Crippen LogP) is 3.93. The number of anilines is 1. The Hall–Kier alpha value is -3.35. The number of nitrogens with zero attached hydrogens (tertiary/aromatic N) is 4. The normalized spacial score (nSPS) is 14.0. The Bertz CT molecular complexity index is 1040. The number of piperazine rings is 1. The van der Waals surface area contributed by atoms with Gasteiger partial charge >= 0.3 is 0 Å². The lowest BCUT2D eigenvalue weighted by Gasteiger charge is -2.36. The van der Waals surface area contributed by atoms with Crippen molar-refractivity contribution in [3.8, 4) is 11.4 Å². The fourth-order valence-electron chi connectivity index (χ4n) is 4.01. The molecule has 31 heavy (non-hydrogen) atoms. The molecular formula is C24H27FN4O2. The molecule has 1 aromatic heterocycles. The van der Waals surface area contributed by atoms with E-state index >= 15 is 0 Å². The highest BCUT2D eigenvalue weighted by Crippen LogP contribution is 2.29. The molecule has 3 aromatic rings. The Balaban J connectivity index is 1.49. The first-order chi connectivity index (χ1) is 15.1. The SMILES string of the molecule is CCOc1ccccc1N1CCN(C(=O)c2cnn(-c3ccc(F)cc3)c2CC)CC1. The maximum Gasteiger partial charge on any atom is 0.257 e. The molecule has 1 saturated heterocycles. The van der Waals surface area contributed by atoms with E-state index in [0.29, 0.717) is 31.7 Å². The number of para-hydroxylation sites is 2. The summed E-state index contributed by atoms with van der Waals surface area (Å²) in [4.78, 5) is 17.4. The van der Waals surface area contributed by atoms with Crippen LogP contribution < -0.4 is 9.64 Å². The van der Waals surface area contributed by atoms with Gasteiger partial charge in [-0.25, -0.2) is 9.07 Å². The quantitative estimate of drug-likeness (QED) is 0.604. The van der Waals surface area contributed by atoms with Gasteiger partial charge in [-0.15, -0.1) is 0 Å². The topological polar surface area (TPSA) is 50.6 Å². The number of ether oxygens (including phenoxy) is 1. The molecule has 1 fully saturated rings. The smallest absolute Gasteiger partial charge is 0.257 e. The van der Waals surface area contributed by atoms with Crippen LogP contribution in [0.3, 0.4) is 0 Å². The maximum absolute atomic E-state index is 13.3. The molecule has 6 nitrogen and oxygen atoms in total. The minimum Gasteiger partial charge on any atom is -0.492 e. The molecule has 0 saturated carbocycles. The highest BCUT2D eigenvalue weighted by molar-refractivity contribution is 5.95. The van der Waals surface area contributed by atoms with Gasteiger partial charge in [0.15, 0.2) is 0 Å². The summed E-state index contributed by atoms with van der Waals surface area (Å²) in [5.74, 6) is 0.565. The predicted molar refractivity (Wildman–Crippen MR) is 119 cm³/mol. The second-order valence-electron chi connectivity index (χ2n) is 7.43. The first kappa shape index (κ1) is 20.9. The molecule has 2 aromatic carbocycles. The van der Waals surface area contributed by atoms with Gasteiger partial charge in [-0.1, -0.05) is 19.1 Å². The summed E-state index contributed by atoms with van der Waals surface area (Å²) in [5, 5.41) is 4.42. The van der Waals surface area contributed by atoms with E-state index in [1.807, 2.05) is 36.9 Å². The second-order valence-corrected chi connectivity index (χ2v) is 7.43. The molecule has 7 heteroatoms. The number of benzene rings is 2. The van der Waals surface area contributed by atoms with E-state index < -0.39 is 0 Å². The Labute approximate surface area is 181 Å². The zero-order valence-electron chi connectivity index (χ0n) is 17.9. The van der Waals surface area contributed by atoms with Crippen molar-refractivity contribution in [3.63, 3.8) is 0 Å². The van der Waals surface area contributed by atoms with Gasteiger partial charge in [0.2, 0.25) is 0 Å². The van der Waals surface area contributed by atoms with Crippen LogP contribution in [0.15, 0.2) is 54.7 Å². The third kappa shape index (κ3) is 4.26. The Kier molecular flexibility index (Phi) is 6.21. The van der Waals surface area contributed by atoms with Gasteiger partial charge < -0.3 is 14.5 Å². The van der Waals surface area contributed by atoms with Crippen molar-refractivity contribution < 1.29 is 13.9 Å². The molecule has 0 bridgehead atoms. The summed E-state index contributed by atoms with van der Waals surface area (Å²) in [5.41, 5.74) is 3.25. The summed E-state index contributed by atoms with van der Waals surface area (Å²) in [7, 11) is 0. The van der Waals surface area contributed by atoms with Gasteiger partial charge in [0.1, 0.15) is 11.6 Å². The number of aromatic nitrogens is 2. The van der Waals surface area contributed by atoms with Crippen LogP contribution >= 0.6 is 0 Å². The van der Waals surface area contributed by atoms with Crippen molar-refractivity contribution in [3.05, 3.63) is 71.8 Å². The van der Waals surface area contributed by atoms with E-state index in [1.54, 1.807) is 23.0 Å². The van der Waals surface area contributed by atoms with E-state index in [2.05, 4.69) is 16.1 Å². The van der Waals surface area contributed by atoms with Crippen LogP contribution in [0, 0.1) is 5.82 Å². The second kappa shape index (κ2) is 9.20. The van der Waals surface area contributed by atoms with Crippen LogP contribution in [0.1, 0.15) is 29.9 Å². The van der Waals surface area contributed by atoms with Crippen LogP contribution in [0.2, 0.25) is 0 Å². The van der Waals surface area contributed by atoms with Crippen molar-refractivity contribution >= 4 is 11.6 Å². The first-order valence-electron chi connectivity index (χ1n) is 10.7. The van der Waals surface area contributed by atoms with Crippen LogP contribution in [0.5, 0.6) is 5.75 Å². The zero-order chi connectivity index (χ0) is 21.8. The standard InChI is InChI=1S/C24H27FN4O2/c1-3-21-20(17-26-29(21)19-11-9-18(25)10-12-19)24(30)28-15-13-27(14-16-28)22-7-5-6-8-23(22)31-4-2/h5-12,17H,3-4,13-16H2,1-2H3. The van der Waals surface area contributed by atoms with Crippen LogP contribution in [-0.4, -0.2) is 53.4 Å². The van der Waals surface area contributed by atoms with Crippen LogP contribution in [0.25, 0.3) is 5.69 Å². The highest BCUT2D eigenvalue weighted by atomic mass is 19.1. The molecular weight excluding hydrogens is 395 g/mol. The summed E-state index contributed by atoms with van der Waals surface area (Å²) < 4.78 is 20.8. The average molecular weight is 423 g/mol. The third-order valence-electron chi connectivity index (χ3n) is 5.58. The minimum absolute atomic E-state index is 0.0112. The van der Waals surface area contributed by atoms with Gasteiger partial charge in [-0.05, 0) is 49.7 Å². The Morgan fingerprint density at radius 2 is 1.74 bits per heavy atom. The molecule has 162 valence electrons. The van der Waals surface area contributed by atoms with Gasteiger partial charge in [-0.2, -0.15) is 5.10 Å². The molecule has 1 aliphatic rings. The van der Waals surface area contributed by atoms with Crippen LogP contribution in [0.4, 0.5) is 10.1 Å². The van der Waals surface area contributed by atoms with E-state index in [9.17, 15) is 9.18 Å². The van der Waals surface area contributed by atoms with Gasteiger partial charge in [0.05, 0.1) is 35.4 Å². The number of carbonyl (C=O) groups excluding carboxylic acids is 1. The Morgan fingerprint density at radius 1 is 1.03 bits per heavy atom. The molecule has 0 radical (unpaired) electrons. The number of amides is 1. The largest absolute Gasteiger partial charge is 0.492 e. The summed E-state index contributed by atoms with van der Waals surface area (Å²) in [6.45, 7) is 7.33. The molecule has 0 unspecified atom stereocenters. The third-order valence-corrected chi connectivity index (χ3v) is 5.58. The lowest BCUT2D eigenvalue weighted by molar-refractivity contribution is 0.0745. The van der Waals surface area contributed by atoms with Crippen molar-refractivity contribution in [1.29, 1.82) is 0 Å².